The van der Waals surface area contributed by atoms with Gasteiger partial charge in [-0.15, -0.1) is 0 Å². The molecule has 3 aromatic heterocycles. The zero-order chi connectivity index (χ0) is 31.1. The molecule has 0 fully saturated rings. The van der Waals surface area contributed by atoms with Gasteiger partial charge in [0.1, 0.15) is 11.7 Å². The summed E-state index contributed by atoms with van der Waals surface area (Å²) in [7, 11) is 0. The van der Waals surface area contributed by atoms with Crippen LogP contribution in [0.5, 0.6) is 0 Å². The van der Waals surface area contributed by atoms with E-state index in [0.29, 0.717) is 5.56 Å². The molecule has 0 atom stereocenters. The molecule has 0 amide bonds. The first kappa shape index (κ1) is 25.8. The SMILES string of the molecule is N#Cc1cccc(-c2ccc(-n3c4ccccc4c4c5c(ccc43)oc3c#cccc35)cc2)c1-n1c2c(c3ccccc31)C=CCC2. The van der Waals surface area contributed by atoms with Crippen molar-refractivity contribution >= 4 is 60.7 Å². The second-order valence-electron chi connectivity index (χ2n) is 12.1. The maximum atomic E-state index is 10.4. The Balaban J connectivity index is 1.19. The summed E-state index contributed by atoms with van der Waals surface area (Å²) in [5, 5.41) is 16.1. The van der Waals surface area contributed by atoms with E-state index in [9.17, 15) is 5.26 Å². The molecule has 1 aliphatic rings. The lowest BCUT2D eigenvalue weighted by molar-refractivity contribution is 0.669. The van der Waals surface area contributed by atoms with Crippen LogP contribution in [-0.4, -0.2) is 9.13 Å². The Labute approximate surface area is 270 Å². The van der Waals surface area contributed by atoms with Crippen LogP contribution >= 0.6 is 0 Å². The third-order valence-corrected chi connectivity index (χ3v) is 9.71. The van der Waals surface area contributed by atoms with Crippen molar-refractivity contribution in [2.75, 3.05) is 0 Å². The molecule has 0 unspecified atom stereocenters. The highest BCUT2D eigenvalue weighted by molar-refractivity contribution is 6.27. The third-order valence-electron chi connectivity index (χ3n) is 9.71. The summed E-state index contributed by atoms with van der Waals surface area (Å²) in [4.78, 5) is 0. The first-order valence-electron chi connectivity index (χ1n) is 15.9. The van der Waals surface area contributed by atoms with Crippen LogP contribution in [-0.2, 0) is 6.42 Å². The molecule has 0 saturated carbocycles. The Morgan fingerprint density at radius 2 is 1.51 bits per heavy atom. The predicted molar refractivity (Wildman–Crippen MR) is 190 cm³/mol. The first-order valence-corrected chi connectivity index (χ1v) is 15.9. The first-order chi connectivity index (χ1) is 23.3. The molecule has 218 valence electrons. The van der Waals surface area contributed by atoms with Gasteiger partial charge in [0, 0.05) is 49.4 Å². The highest BCUT2D eigenvalue weighted by Gasteiger charge is 2.23. The van der Waals surface area contributed by atoms with E-state index in [-0.39, 0.29) is 0 Å². The molecule has 0 saturated heterocycles. The standard InChI is InChI=1S/C43H25N3O/c44-26-28-10-9-15-30(43(28)46-35-16-5-1-11-31(35)32-12-2-6-17-36(32)46)27-20-22-29(23-21-27)45-37-18-7-3-13-33(37)41-38(45)24-25-40-42(41)34-14-4-8-19-39(34)47-40/h1-5,7,9-16,18,20-25H,6,17H2. The summed E-state index contributed by atoms with van der Waals surface area (Å²) in [5.41, 5.74) is 12.2. The highest BCUT2D eigenvalue weighted by Crippen LogP contribution is 2.42. The van der Waals surface area contributed by atoms with E-state index in [1.165, 1.54) is 27.4 Å². The van der Waals surface area contributed by atoms with Gasteiger partial charge in [-0.25, -0.2) is 0 Å². The van der Waals surface area contributed by atoms with Crippen molar-refractivity contribution in [2.24, 2.45) is 0 Å². The topological polar surface area (TPSA) is 46.8 Å². The Bertz CT molecular complexity index is 2800. The molecular weight excluding hydrogens is 574 g/mol. The highest BCUT2D eigenvalue weighted by atomic mass is 16.3. The van der Waals surface area contributed by atoms with Gasteiger partial charge in [0.15, 0.2) is 5.58 Å². The monoisotopic (exact) mass is 599 g/mol. The summed E-state index contributed by atoms with van der Waals surface area (Å²) < 4.78 is 10.9. The molecule has 9 aromatic rings. The Morgan fingerprint density at radius 1 is 0.702 bits per heavy atom. The maximum Gasteiger partial charge on any atom is 0.185 e. The summed E-state index contributed by atoms with van der Waals surface area (Å²) in [6.07, 6.45) is 6.41. The molecule has 4 nitrogen and oxygen atoms in total. The fourth-order valence-corrected chi connectivity index (χ4v) is 7.76. The van der Waals surface area contributed by atoms with Crippen molar-refractivity contribution in [2.45, 2.75) is 12.8 Å². The van der Waals surface area contributed by atoms with E-state index >= 15 is 0 Å². The molecule has 10 rings (SSSR count). The number of aromatic nitrogens is 2. The molecule has 0 N–H and O–H groups in total. The maximum absolute atomic E-state index is 10.4. The van der Waals surface area contributed by atoms with E-state index in [1.807, 2.05) is 18.2 Å². The van der Waals surface area contributed by atoms with Gasteiger partial charge in [-0.3, -0.25) is 0 Å². The van der Waals surface area contributed by atoms with Crippen LogP contribution in [0.15, 0.2) is 126 Å². The lowest BCUT2D eigenvalue weighted by Gasteiger charge is -2.19. The van der Waals surface area contributed by atoms with Crippen LogP contribution in [0, 0.1) is 23.5 Å². The van der Waals surface area contributed by atoms with Crippen LogP contribution in [0.25, 0.3) is 83.2 Å². The second-order valence-corrected chi connectivity index (χ2v) is 12.1. The number of nitrogens with zero attached hydrogens (tertiary/aromatic N) is 3. The number of para-hydroxylation sites is 3. The van der Waals surface area contributed by atoms with Crippen LogP contribution in [0.2, 0.25) is 0 Å². The number of rotatable bonds is 3. The van der Waals surface area contributed by atoms with E-state index < -0.39 is 0 Å². The van der Waals surface area contributed by atoms with Gasteiger partial charge < -0.3 is 13.6 Å². The van der Waals surface area contributed by atoms with Crippen molar-refractivity contribution in [3.8, 4) is 28.6 Å². The molecule has 0 spiro atoms. The third kappa shape index (κ3) is 3.59. The average Bonchev–Trinajstić information content (AvgIpc) is 3.79. The van der Waals surface area contributed by atoms with Crippen molar-refractivity contribution in [3.63, 3.8) is 0 Å². The number of fused-ring (bicyclic) bond motifs is 10. The summed E-state index contributed by atoms with van der Waals surface area (Å²) in [6, 6.07) is 48.8. The van der Waals surface area contributed by atoms with Crippen molar-refractivity contribution < 1.29 is 4.42 Å². The van der Waals surface area contributed by atoms with Crippen molar-refractivity contribution in [1.29, 1.82) is 5.26 Å². The molecule has 3 heterocycles. The van der Waals surface area contributed by atoms with E-state index in [0.717, 1.165) is 73.8 Å². The van der Waals surface area contributed by atoms with Crippen molar-refractivity contribution in [3.05, 3.63) is 150 Å². The lowest BCUT2D eigenvalue weighted by Crippen LogP contribution is -2.06. The summed E-state index contributed by atoms with van der Waals surface area (Å²) in [6.45, 7) is 0. The van der Waals surface area contributed by atoms with Gasteiger partial charge >= 0.3 is 0 Å². The quantitative estimate of drug-likeness (QED) is 0.203. The number of allylic oxidation sites excluding steroid dienone is 1. The number of furan rings is 1. The Hall–Kier alpha value is -6.49. The molecule has 47 heavy (non-hydrogen) atoms. The molecule has 0 aliphatic heterocycles. The van der Waals surface area contributed by atoms with Gasteiger partial charge in [0.25, 0.3) is 0 Å². The predicted octanol–water partition coefficient (Wildman–Crippen LogP) is 10.7. The van der Waals surface area contributed by atoms with Crippen LogP contribution < -0.4 is 0 Å². The van der Waals surface area contributed by atoms with Crippen LogP contribution in [0.3, 0.4) is 0 Å². The second kappa shape index (κ2) is 9.75. The largest absolute Gasteiger partial charge is 0.447 e. The summed E-state index contributed by atoms with van der Waals surface area (Å²) >= 11 is 0. The van der Waals surface area contributed by atoms with Gasteiger partial charge in [0.05, 0.1) is 27.8 Å². The number of benzene rings is 5. The minimum atomic E-state index is 0.665. The zero-order valence-corrected chi connectivity index (χ0v) is 25.3. The molecule has 1 aliphatic carbocycles. The lowest BCUT2D eigenvalue weighted by atomic mass is 9.98. The van der Waals surface area contributed by atoms with Crippen LogP contribution in [0.4, 0.5) is 0 Å². The van der Waals surface area contributed by atoms with E-state index in [1.54, 1.807) is 0 Å². The van der Waals surface area contributed by atoms with Gasteiger partial charge in [-0.2, -0.15) is 5.26 Å². The molecular formula is C43H25N3O. The summed E-state index contributed by atoms with van der Waals surface area (Å²) in [5.74, 6) is 0. The smallest absolute Gasteiger partial charge is 0.185 e. The van der Waals surface area contributed by atoms with E-state index in [4.69, 9.17) is 4.42 Å². The number of hydrogen-bond donors (Lipinski definition) is 0. The Morgan fingerprint density at radius 3 is 2.36 bits per heavy atom. The van der Waals surface area contributed by atoms with Gasteiger partial charge in [0.2, 0.25) is 0 Å². The molecule has 0 radical (unpaired) electrons. The average molecular weight is 600 g/mol. The van der Waals surface area contributed by atoms with Crippen molar-refractivity contribution in [1.82, 2.24) is 9.13 Å². The Kier molecular flexibility index (Phi) is 5.35. The minimum absolute atomic E-state index is 0.665. The fourth-order valence-electron chi connectivity index (χ4n) is 7.76. The van der Waals surface area contributed by atoms with Crippen LogP contribution in [0.1, 0.15) is 23.2 Å². The molecule has 6 aromatic carbocycles. The normalized spacial score (nSPS) is 12.7. The molecule has 0 bridgehead atoms. The van der Waals surface area contributed by atoms with Gasteiger partial charge in [-0.1, -0.05) is 78.9 Å². The fraction of sp³-hybridized carbons (Fsp3) is 0.0465. The number of hydrogen-bond acceptors (Lipinski definition) is 2. The zero-order valence-electron chi connectivity index (χ0n) is 25.3. The molecule has 4 heteroatoms. The number of nitriles is 1. The van der Waals surface area contributed by atoms with Gasteiger partial charge in [-0.05, 0) is 79.1 Å². The minimum Gasteiger partial charge on any atom is -0.447 e. The van der Waals surface area contributed by atoms with E-state index in [2.05, 4.69) is 137 Å².